The number of hydrogen-bond acceptors (Lipinski definition) is 5. The minimum absolute atomic E-state index is 0.225. The first kappa shape index (κ1) is 14.9. The fraction of sp³-hybridized carbons (Fsp3) is 0.143. The summed E-state index contributed by atoms with van der Waals surface area (Å²) in [6.45, 7) is 2.14. The van der Waals surface area contributed by atoms with Gasteiger partial charge in [-0.15, -0.1) is 11.3 Å². The number of hydrogen-bond donors (Lipinski definition) is 2. The molecule has 2 heterocycles. The Morgan fingerprint density at radius 3 is 2.81 bits per heavy atom. The van der Waals surface area contributed by atoms with E-state index >= 15 is 0 Å². The lowest BCUT2D eigenvalue weighted by atomic mass is 10.3. The Hall–Kier alpha value is -2.54. The zero-order chi connectivity index (χ0) is 15.2. The third kappa shape index (κ3) is 4.50. The van der Waals surface area contributed by atoms with Crippen LogP contribution in [0.5, 0.6) is 0 Å². The molecular formula is C14H13N3O3S. The standard InChI is InChI=1S/C14H13N3O3S/c1-9-6-16-10(7-15-9)8-17-14(20)12-4-2-11(21-12)3-5-13(18)19/h2-7H,8H2,1H3,(H,17,20)(H,18,19). The van der Waals surface area contributed by atoms with E-state index in [2.05, 4.69) is 15.3 Å². The van der Waals surface area contributed by atoms with E-state index in [0.717, 1.165) is 11.8 Å². The van der Waals surface area contributed by atoms with E-state index in [-0.39, 0.29) is 5.91 Å². The predicted octanol–water partition coefficient (Wildman–Crippen LogP) is 1.87. The number of aliphatic carboxylic acids is 1. The highest BCUT2D eigenvalue weighted by Crippen LogP contribution is 2.17. The molecule has 0 atom stereocenters. The molecule has 6 nitrogen and oxygen atoms in total. The van der Waals surface area contributed by atoms with Crippen LogP contribution in [0.2, 0.25) is 0 Å². The molecule has 0 saturated heterocycles. The van der Waals surface area contributed by atoms with Crippen molar-refractivity contribution in [2.75, 3.05) is 0 Å². The molecule has 7 heteroatoms. The van der Waals surface area contributed by atoms with Crippen molar-refractivity contribution in [2.24, 2.45) is 0 Å². The van der Waals surface area contributed by atoms with E-state index in [1.165, 1.54) is 17.4 Å². The van der Waals surface area contributed by atoms with Gasteiger partial charge in [-0.25, -0.2) is 4.79 Å². The number of carbonyl (C=O) groups is 2. The van der Waals surface area contributed by atoms with Crippen LogP contribution in [0.3, 0.4) is 0 Å². The van der Waals surface area contributed by atoms with Gasteiger partial charge in [-0.05, 0) is 25.1 Å². The van der Waals surface area contributed by atoms with Gasteiger partial charge >= 0.3 is 5.97 Å². The Labute approximate surface area is 125 Å². The smallest absolute Gasteiger partial charge is 0.328 e. The number of carbonyl (C=O) groups excluding carboxylic acids is 1. The minimum atomic E-state index is -1.02. The molecule has 2 aromatic heterocycles. The van der Waals surface area contributed by atoms with E-state index < -0.39 is 5.97 Å². The molecular weight excluding hydrogens is 290 g/mol. The molecule has 0 aliphatic carbocycles. The maximum Gasteiger partial charge on any atom is 0.328 e. The summed E-state index contributed by atoms with van der Waals surface area (Å²) in [6.07, 6.45) is 5.75. The summed E-state index contributed by atoms with van der Waals surface area (Å²) in [5.41, 5.74) is 1.50. The highest BCUT2D eigenvalue weighted by atomic mass is 32.1. The summed E-state index contributed by atoms with van der Waals surface area (Å²) in [5.74, 6) is -1.25. The predicted molar refractivity (Wildman–Crippen MR) is 78.9 cm³/mol. The summed E-state index contributed by atoms with van der Waals surface area (Å²) in [5, 5.41) is 11.3. The van der Waals surface area contributed by atoms with E-state index in [1.54, 1.807) is 24.5 Å². The summed E-state index contributed by atoms with van der Waals surface area (Å²) in [4.78, 5) is 31.8. The molecule has 0 spiro atoms. The van der Waals surface area contributed by atoms with Crippen LogP contribution in [0.15, 0.2) is 30.6 Å². The number of aromatic nitrogens is 2. The second-order valence-corrected chi connectivity index (χ2v) is 5.32. The van der Waals surface area contributed by atoms with Crippen LogP contribution in [0.4, 0.5) is 0 Å². The molecule has 1 amide bonds. The first-order chi connectivity index (χ1) is 10.0. The second kappa shape index (κ2) is 6.76. The van der Waals surface area contributed by atoms with Crippen LogP contribution in [-0.2, 0) is 11.3 Å². The maximum atomic E-state index is 11.9. The van der Waals surface area contributed by atoms with E-state index in [0.29, 0.717) is 22.0 Å². The van der Waals surface area contributed by atoms with Crippen molar-refractivity contribution < 1.29 is 14.7 Å². The van der Waals surface area contributed by atoms with Gasteiger partial charge < -0.3 is 10.4 Å². The Morgan fingerprint density at radius 1 is 1.33 bits per heavy atom. The number of rotatable bonds is 5. The molecule has 0 aliphatic rings. The number of aryl methyl sites for hydroxylation is 1. The van der Waals surface area contributed by atoms with Gasteiger partial charge in [0.2, 0.25) is 0 Å². The van der Waals surface area contributed by atoms with Crippen molar-refractivity contribution in [3.8, 4) is 0 Å². The van der Waals surface area contributed by atoms with E-state index in [1.807, 2.05) is 6.92 Å². The van der Waals surface area contributed by atoms with Crippen LogP contribution in [0.25, 0.3) is 6.08 Å². The van der Waals surface area contributed by atoms with Crippen molar-refractivity contribution in [1.29, 1.82) is 0 Å². The van der Waals surface area contributed by atoms with Crippen LogP contribution in [0, 0.1) is 6.92 Å². The van der Waals surface area contributed by atoms with Crippen molar-refractivity contribution in [3.63, 3.8) is 0 Å². The number of thiophene rings is 1. The molecule has 0 unspecified atom stereocenters. The lowest BCUT2D eigenvalue weighted by Crippen LogP contribution is -2.22. The second-order valence-electron chi connectivity index (χ2n) is 4.21. The number of nitrogens with one attached hydrogen (secondary N) is 1. The molecule has 0 radical (unpaired) electrons. The number of carboxylic acids is 1. The average Bonchev–Trinajstić information content (AvgIpc) is 2.93. The van der Waals surface area contributed by atoms with Crippen LogP contribution in [-0.4, -0.2) is 27.0 Å². The van der Waals surface area contributed by atoms with Gasteiger partial charge in [0.1, 0.15) is 0 Å². The summed E-state index contributed by atoms with van der Waals surface area (Å²) >= 11 is 1.22. The number of carboxylic acid groups (broad SMARTS) is 1. The van der Waals surface area contributed by atoms with Crippen LogP contribution < -0.4 is 5.32 Å². The van der Waals surface area contributed by atoms with Gasteiger partial charge in [0.15, 0.2) is 0 Å². The number of nitrogens with zero attached hydrogens (tertiary/aromatic N) is 2. The van der Waals surface area contributed by atoms with Crippen molar-refractivity contribution in [1.82, 2.24) is 15.3 Å². The molecule has 2 rings (SSSR count). The fourth-order valence-electron chi connectivity index (χ4n) is 1.49. The van der Waals surface area contributed by atoms with Crippen LogP contribution >= 0.6 is 11.3 Å². The minimum Gasteiger partial charge on any atom is -0.478 e. The maximum absolute atomic E-state index is 11.9. The molecule has 2 aromatic rings. The zero-order valence-electron chi connectivity index (χ0n) is 11.2. The van der Waals surface area contributed by atoms with Gasteiger partial charge in [0, 0.05) is 17.2 Å². The Balaban J connectivity index is 1.94. The lowest BCUT2D eigenvalue weighted by Gasteiger charge is -2.02. The zero-order valence-corrected chi connectivity index (χ0v) is 12.1. The molecule has 0 fully saturated rings. The molecule has 108 valence electrons. The van der Waals surface area contributed by atoms with Crippen molar-refractivity contribution in [3.05, 3.63) is 51.7 Å². The molecule has 0 aliphatic heterocycles. The molecule has 0 aromatic carbocycles. The quantitative estimate of drug-likeness (QED) is 0.823. The topological polar surface area (TPSA) is 92.2 Å². The first-order valence-corrected chi connectivity index (χ1v) is 6.93. The Bertz CT molecular complexity index is 677. The third-order valence-electron chi connectivity index (χ3n) is 2.51. The fourth-order valence-corrected chi connectivity index (χ4v) is 2.31. The van der Waals surface area contributed by atoms with Gasteiger partial charge in [-0.1, -0.05) is 0 Å². The van der Waals surface area contributed by atoms with Gasteiger partial charge in [0.25, 0.3) is 5.91 Å². The SMILES string of the molecule is Cc1cnc(CNC(=O)c2ccc(C=CC(=O)O)s2)cn1. The van der Waals surface area contributed by atoms with Crippen molar-refractivity contribution >= 4 is 29.3 Å². The molecule has 0 saturated carbocycles. The van der Waals surface area contributed by atoms with Gasteiger partial charge in [-0.2, -0.15) is 0 Å². The third-order valence-corrected chi connectivity index (χ3v) is 3.55. The van der Waals surface area contributed by atoms with E-state index in [4.69, 9.17) is 5.11 Å². The van der Waals surface area contributed by atoms with E-state index in [9.17, 15) is 9.59 Å². The number of amides is 1. The van der Waals surface area contributed by atoms with Gasteiger partial charge in [0.05, 0.1) is 29.0 Å². The average molecular weight is 303 g/mol. The molecule has 2 N–H and O–H groups in total. The molecule has 21 heavy (non-hydrogen) atoms. The van der Waals surface area contributed by atoms with Crippen LogP contribution in [0.1, 0.15) is 25.9 Å². The monoisotopic (exact) mass is 303 g/mol. The lowest BCUT2D eigenvalue weighted by molar-refractivity contribution is -0.131. The summed E-state index contributed by atoms with van der Waals surface area (Å²) in [6, 6.07) is 3.35. The largest absolute Gasteiger partial charge is 0.478 e. The van der Waals surface area contributed by atoms with Gasteiger partial charge in [-0.3, -0.25) is 14.8 Å². The highest BCUT2D eigenvalue weighted by molar-refractivity contribution is 7.14. The Morgan fingerprint density at radius 2 is 2.14 bits per heavy atom. The summed E-state index contributed by atoms with van der Waals surface area (Å²) in [7, 11) is 0. The highest BCUT2D eigenvalue weighted by Gasteiger charge is 2.08. The molecule has 0 bridgehead atoms. The normalized spacial score (nSPS) is 10.7. The Kier molecular flexibility index (Phi) is 4.78. The van der Waals surface area contributed by atoms with Crippen molar-refractivity contribution in [2.45, 2.75) is 13.5 Å². The first-order valence-electron chi connectivity index (χ1n) is 6.11. The summed E-state index contributed by atoms with van der Waals surface area (Å²) < 4.78 is 0.